The summed E-state index contributed by atoms with van der Waals surface area (Å²) in [5.74, 6) is -1.16. The number of aliphatic hydroxyl groups excluding tert-OH is 4. The summed E-state index contributed by atoms with van der Waals surface area (Å²) in [5, 5.41) is 40.7. The molecule has 2 heterocycles. The lowest BCUT2D eigenvalue weighted by atomic mass is 9.81. The van der Waals surface area contributed by atoms with Gasteiger partial charge in [-0.3, -0.25) is 4.84 Å². The number of nitrogens with zero attached hydrogens (tertiary/aromatic N) is 3. The third kappa shape index (κ3) is 4.33. The number of hydrogen-bond donors (Lipinski definition) is 4. The van der Waals surface area contributed by atoms with Gasteiger partial charge in [0.2, 0.25) is 0 Å². The van der Waals surface area contributed by atoms with Crippen molar-refractivity contribution in [3.8, 4) is 0 Å². The second kappa shape index (κ2) is 8.84. The van der Waals surface area contributed by atoms with Crippen LogP contribution in [0.4, 0.5) is 23.8 Å². The Labute approximate surface area is 175 Å². The summed E-state index contributed by atoms with van der Waals surface area (Å²) in [4.78, 5) is 22.6. The van der Waals surface area contributed by atoms with Crippen LogP contribution in [0.2, 0.25) is 0 Å². The van der Waals surface area contributed by atoms with Gasteiger partial charge in [-0.2, -0.15) is 18.2 Å². The van der Waals surface area contributed by atoms with E-state index in [0.29, 0.717) is 6.07 Å². The lowest BCUT2D eigenvalue weighted by Crippen LogP contribution is -2.57. The van der Waals surface area contributed by atoms with Gasteiger partial charge in [0.1, 0.15) is 24.1 Å². The minimum absolute atomic E-state index is 0.0653. The van der Waals surface area contributed by atoms with Crippen LogP contribution in [0.15, 0.2) is 18.3 Å². The van der Waals surface area contributed by atoms with Crippen molar-refractivity contribution in [2.45, 2.75) is 56.2 Å². The van der Waals surface area contributed by atoms with Crippen molar-refractivity contribution < 1.29 is 48.0 Å². The minimum atomic E-state index is -4.67. The summed E-state index contributed by atoms with van der Waals surface area (Å²) in [5.41, 5.74) is -1.02. The number of hydrogen-bond acceptors (Lipinski definition) is 8. The van der Waals surface area contributed by atoms with Crippen LogP contribution in [0, 0.1) is 5.92 Å². The molecule has 10 nitrogen and oxygen atoms in total. The Kier molecular flexibility index (Phi) is 6.74. The largest absolute Gasteiger partial charge is 0.416 e. The van der Waals surface area contributed by atoms with Crippen LogP contribution in [-0.4, -0.2) is 86.9 Å². The minimum Gasteiger partial charge on any atom is -0.396 e. The highest BCUT2D eigenvalue weighted by Crippen LogP contribution is 2.36. The molecule has 174 valence electrons. The molecule has 3 rings (SSSR count). The van der Waals surface area contributed by atoms with E-state index < -0.39 is 67.0 Å². The van der Waals surface area contributed by atoms with Gasteiger partial charge in [-0.25, -0.2) is 14.7 Å². The Bertz CT molecular complexity index is 797. The van der Waals surface area contributed by atoms with Crippen LogP contribution in [0.1, 0.15) is 18.9 Å². The van der Waals surface area contributed by atoms with Crippen molar-refractivity contribution in [3.63, 3.8) is 0 Å². The molecule has 0 spiro atoms. The van der Waals surface area contributed by atoms with Crippen LogP contribution < -0.4 is 4.90 Å². The second-order valence-corrected chi connectivity index (χ2v) is 7.52. The van der Waals surface area contributed by atoms with Gasteiger partial charge < -0.3 is 25.2 Å². The quantitative estimate of drug-likeness (QED) is 0.495. The molecule has 1 saturated heterocycles. The Morgan fingerprint density at radius 2 is 1.90 bits per heavy atom. The number of ether oxygens (including phenoxy) is 1. The molecule has 1 aliphatic carbocycles. The van der Waals surface area contributed by atoms with E-state index in [0.717, 1.165) is 22.2 Å². The molecular weight excluding hydrogens is 427 g/mol. The van der Waals surface area contributed by atoms with Crippen LogP contribution in [-0.2, 0) is 15.8 Å². The van der Waals surface area contributed by atoms with Gasteiger partial charge in [-0.15, -0.1) is 0 Å². The van der Waals surface area contributed by atoms with E-state index in [1.54, 1.807) is 0 Å². The van der Waals surface area contributed by atoms with Crippen molar-refractivity contribution in [2.75, 3.05) is 18.6 Å². The maximum absolute atomic E-state index is 13.1. The highest BCUT2D eigenvalue weighted by Gasteiger charge is 2.51. The molecule has 7 atom stereocenters. The fourth-order valence-corrected chi connectivity index (χ4v) is 3.87. The maximum atomic E-state index is 13.1. The normalized spacial score (nSPS) is 34.5. The molecule has 0 aromatic carbocycles. The molecule has 4 N–H and O–H groups in total. The monoisotopic (exact) mass is 451 g/mol. The van der Waals surface area contributed by atoms with E-state index in [2.05, 4.69) is 4.98 Å². The molecule has 2 fully saturated rings. The highest BCUT2D eigenvalue weighted by atomic mass is 19.4. The zero-order chi connectivity index (χ0) is 23.1. The molecule has 1 saturated carbocycles. The first-order valence-electron chi connectivity index (χ1n) is 9.51. The van der Waals surface area contributed by atoms with Gasteiger partial charge in [0.15, 0.2) is 6.23 Å². The first-order chi connectivity index (χ1) is 14.5. The molecule has 1 aromatic heterocycles. The predicted octanol–water partition coefficient (Wildman–Crippen LogP) is 0.0985. The first kappa shape index (κ1) is 23.6. The Morgan fingerprint density at radius 3 is 2.48 bits per heavy atom. The Morgan fingerprint density at radius 1 is 1.23 bits per heavy atom. The summed E-state index contributed by atoms with van der Waals surface area (Å²) in [6.07, 6.45) is -10.8. The van der Waals surface area contributed by atoms with Crippen molar-refractivity contribution >= 4 is 11.8 Å². The standard InChI is InChI=1S/C18H24F3N3O7/c1-8-16(31-11-5-9(7-25)13(26)15(28)14(11)27)23(17(29)24(8)30-2)12-6-10(3-4-22-12)18(19,20)21/h3-4,6,8-9,11,13-16,25-28H,5,7H2,1-2H3/t8-,9+,11?,13+,14-,15-,16-/m0/s1. The first-order valence-corrected chi connectivity index (χ1v) is 9.51. The zero-order valence-electron chi connectivity index (χ0n) is 16.7. The number of rotatable bonds is 5. The number of aliphatic hydroxyl groups is 4. The molecule has 2 amide bonds. The predicted molar refractivity (Wildman–Crippen MR) is 97.3 cm³/mol. The van der Waals surface area contributed by atoms with E-state index in [-0.39, 0.29) is 12.2 Å². The number of amides is 2. The van der Waals surface area contributed by atoms with Gasteiger partial charge >= 0.3 is 12.2 Å². The number of hydroxylamine groups is 2. The topological polar surface area (TPSA) is 136 Å². The third-order valence-electron chi connectivity index (χ3n) is 5.60. The fourth-order valence-electron chi connectivity index (χ4n) is 3.87. The number of halogens is 3. The lowest BCUT2D eigenvalue weighted by molar-refractivity contribution is -0.199. The number of anilines is 1. The van der Waals surface area contributed by atoms with Crippen molar-refractivity contribution in [2.24, 2.45) is 5.92 Å². The van der Waals surface area contributed by atoms with Crippen molar-refractivity contribution in [3.05, 3.63) is 23.9 Å². The molecule has 2 aliphatic rings. The molecule has 0 bridgehead atoms. The molecular formula is C18H24F3N3O7. The van der Waals surface area contributed by atoms with Crippen LogP contribution in [0.5, 0.6) is 0 Å². The summed E-state index contributed by atoms with van der Waals surface area (Å²) in [6, 6.07) is -0.229. The van der Waals surface area contributed by atoms with Gasteiger partial charge in [-0.05, 0) is 25.5 Å². The number of carbonyl (C=O) groups excluding carboxylic acids is 1. The third-order valence-corrected chi connectivity index (χ3v) is 5.60. The number of pyridine rings is 1. The number of alkyl halides is 3. The number of carbonyl (C=O) groups is 1. The van der Waals surface area contributed by atoms with Crippen LogP contribution in [0.3, 0.4) is 0 Å². The zero-order valence-corrected chi connectivity index (χ0v) is 16.7. The average molecular weight is 451 g/mol. The molecule has 1 aliphatic heterocycles. The van der Waals surface area contributed by atoms with Crippen LogP contribution >= 0.6 is 0 Å². The molecule has 0 radical (unpaired) electrons. The second-order valence-electron chi connectivity index (χ2n) is 7.52. The number of aromatic nitrogens is 1. The van der Waals surface area contributed by atoms with Crippen molar-refractivity contribution in [1.29, 1.82) is 0 Å². The summed E-state index contributed by atoms with van der Waals surface area (Å²) < 4.78 is 45.3. The molecule has 1 unspecified atom stereocenters. The SMILES string of the molecule is CON1C(=O)N(c2cc(C(F)(F)F)ccn2)[C@@H](OC2C[C@H](CO)[C@@H](O)[C@H](O)[C@H]2O)[C@@H]1C. The molecule has 31 heavy (non-hydrogen) atoms. The fraction of sp³-hybridized carbons (Fsp3) is 0.667. The Hall–Kier alpha value is -2.03. The average Bonchev–Trinajstić information content (AvgIpc) is 2.96. The van der Waals surface area contributed by atoms with E-state index >= 15 is 0 Å². The van der Waals surface area contributed by atoms with Crippen molar-refractivity contribution in [1.82, 2.24) is 10.0 Å². The van der Waals surface area contributed by atoms with E-state index in [9.17, 15) is 38.4 Å². The van der Waals surface area contributed by atoms with Gasteiger partial charge in [-0.1, -0.05) is 0 Å². The molecule has 1 aromatic rings. The number of urea groups is 1. The summed E-state index contributed by atoms with van der Waals surface area (Å²) in [7, 11) is 1.20. The van der Waals surface area contributed by atoms with Gasteiger partial charge in [0, 0.05) is 18.7 Å². The summed E-state index contributed by atoms with van der Waals surface area (Å²) in [6.45, 7) is 1.02. The van der Waals surface area contributed by atoms with E-state index in [4.69, 9.17) is 9.57 Å². The summed E-state index contributed by atoms with van der Waals surface area (Å²) >= 11 is 0. The van der Waals surface area contributed by atoms with E-state index in [1.807, 2.05) is 0 Å². The van der Waals surface area contributed by atoms with Crippen LogP contribution in [0.25, 0.3) is 0 Å². The maximum Gasteiger partial charge on any atom is 0.416 e. The lowest BCUT2D eigenvalue weighted by Gasteiger charge is -2.41. The molecule has 13 heteroatoms. The highest BCUT2D eigenvalue weighted by molar-refractivity contribution is 5.93. The van der Waals surface area contributed by atoms with Gasteiger partial charge in [0.05, 0.1) is 24.9 Å². The van der Waals surface area contributed by atoms with E-state index in [1.165, 1.54) is 14.0 Å². The smallest absolute Gasteiger partial charge is 0.396 e. The Balaban J connectivity index is 1.94. The van der Waals surface area contributed by atoms with Gasteiger partial charge in [0.25, 0.3) is 0 Å².